The molecule has 0 fully saturated rings. The van der Waals surface area contributed by atoms with Crippen LogP contribution in [0.1, 0.15) is 25.8 Å². The number of nitrogens with one attached hydrogen (secondary N) is 2. The highest BCUT2D eigenvalue weighted by atomic mass is 35.5. The first-order valence-corrected chi connectivity index (χ1v) is 8.71. The van der Waals surface area contributed by atoms with E-state index in [2.05, 4.69) is 20.6 Å². The van der Waals surface area contributed by atoms with Crippen molar-refractivity contribution in [1.29, 1.82) is 0 Å². The number of pyridine rings is 1. The quantitative estimate of drug-likeness (QED) is 0.361. The first-order chi connectivity index (χ1) is 12.4. The van der Waals surface area contributed by atoms with Crippen LogP contribution >= 0.6 is 11.6 Å². The Bertz CT molecular complexity index is 571. The van der Waals surface area contributed by atoms with Gasteiger partial charge in [-0.3, -0.25) is 4.99 Å². The molecule has 26 heavy (non-hydrogen) atoms. The maximum absolute atomic E-state index is 12.6. The fourth-order valence-electron chi connectivity index (χ4n) is 1.85. The highest BCUT2D eigenvalue weighted by Gasteiger charge is 2.31. The summed E-state index contributed by atoms with van der Waals surface area (Å²) < 4.78 is 48.2. The van der Waals surface area contributed by atoms with Crippen molar-refractivity contribution in [3.8, 4) is 5.88 Å². The van der Waals surface area contributed by atoms with Crippen LogP contribution < -0.4 is 15.4 Å². The number of hydrogen-bond acceptors (Lipinski definition) is 4. The molecule has 1 aromatic rings. The molecule has 0 saturated carbocycles. The average Bonchev–Trinajstić information content (AvgIpc) is 2.58. The van der Waals surface area contributed by atoms with E-state index in [0.29, 0.717) is 45.0 Å². The molecule has 2 N–H and O–H groups in total. The highest BCUT2D eigenvalue weighted by Crippen LogP contribution is 2.32. The third-order valence-electron chi connectivity index (χ3n) is 3.03. The number of rotatable bonds is 10. The zero-order valence-corrected chi connectivity index (χ0v) is 15.6. The van der Waals surface area contributed by atoms with Crippen molar-refractivity contribution < 1.29 is 22.6 Å². The summed E-state index contributed by atoms with van der Waals surface area (Å²) in [6, 6.07) is 0.793. The summed E-state index contributed by atoms with van der Waals surface area (Å²) >= 11 is 5.78. The standard InChI is InChI=1S/C16H24ClF3N4O2/c1-3-21-15(22-6-5-8-25-4-2)23-7-9-26-14-13(17)10-12(11-24-14)16(18,19)20/h10-11H,3-9H2,1-2H3,(H2,21,22,23). The van der Waals surface area contributed by atoms with Gasteiger partial charge < -0.3 is 20.1 Å². The molecule has 0 aromatic carbocycles. The summed E-state index contributed by atoms with van der Waals surface area (Å²) in [5, 5.41) is 5.96. The maximum atomic E-state index is 12.6. The molecule has 0 spiro atoms. The Morgan fingerprint density at radius 1 is 1.27 bits per heavy atom. The molecule has 0 saturated heterocycles. The van der Waals surface area contributed by atoms with Gasteiger partial charge in [0.1, 0.15) is 11.6 Å². The molecule has 0 atom stereocenters. The van der Waals surface area contributed by atoms with Crippen molar-refractivity contribution in [3.05, 3.63) is 22.8 Å². The van der Waals surface area contributed by atoms with Crippen LogP contribution in [0.2, 0.25) is 5.02 Å². The Morgan fingerprint density at radius 2 is 2.04 bits per heavy atom. The van der Waals surface area contributed by atoms with Crippen molar-refractivity contribution in [3.63, 3.8) is 0 Å². The van der Waals surface area contributed by atoms with Gasteiger partial charge in [0.15, 0.2) is 5.96 Å². The zero-order chi connectivity index (χ0) is 19.4. The zero-order valence-electron chi connectivity index (χ0n) is 14.8. The van der Waals surface area contributed by atoms with Crippen LogP contribution in [-0.4, -0.2) is 50.4 Å². The number of ether oxygens (including phenoxy) is 2. The molecule has 0 aliphatic heterocycles. The van der Waals surface area contributed by atoms with Crippen LogP contribution in [-0.2, 0) is 10.9 Å². The summed E-state index contributed by atoms with van der Waals surface area (Å²) in [6.45, 7) is 7.08. The Morgan fingerprint density at radius 3 is 2.65 bits per heavy atom. The molecule has 0 radical (unpaired) electrons. The van der Waals surface area contributed by atoms with Crippen LogP contribution in [0, 0.1) is 0 Å². The van der Waals surface area contributed by atoms with Gasteiger partial charge in [-0.1, -0.05) is 11.6 Å². The molecule has 0 unspecified atom stereocenters. The van der Waals surface area contributed by atoms with Gasteiger partial charge in [0.2, 0.25) is 5.88 Å². The average molecular weight is 397 g/mol. The molecule has 0 aliphatic rings. The molecule has 0 bridgehead atoms. The minimum Gasteiger partial charge on any atom is -0.475 e. The summed E-state index contributed by atoms with van der Waals surface area (Å²) in [5.41, 5.74) is -0.915. The first kappa shape index (κ1) is 22.3. The summed E-state index contributed by atoms with van der Waals surface area (Å²) in [7, 11) is 0. The largest absolute Gasteiger partial charge is 0.475 e. The first-order valence-electron chi connectivity index (χ1n) is 8.34. The molecular formula is C16H24ClF3N4O2. The van der Waals surface area contributed by atoms with E-state index in [9.17, 15) is 13.2 Å². The van der Waals surface area contributed by atoms with E-state index in [1.165, 1.54) is 0 Å². The van der Waals surface area contributed by atoms with Crippen LogP contribution in [0.3, 0.4) is 0 Å². The lowest BCUT2D eigenvalue weighted by Gasteiger charge is -2.13. The minimum atomic E-state index is -4.49. The molecule has 10 heteroatoms. The SMILES string of the molecule is CCNC(=NCCCOCC)NCCOc1ncc(C(F)(F)F)cc1Cl. The second-order valence-corrected chi connectivity index (χ2v) is 5.50. The van der Waals surface area contributed by atoms with E-state index >= 15 is 0 Å². The van der Waals surface area contributed by atoms with E-state index in [0.717, 1.165) is 12.5 Å². The fourth-order valence-corrected chi connectivity index (χ4v) is 2.07. The van der Waals surface area contributed by atoms with Gasteiger partial charge in [-0.05, 0) is 26.3 Å². The topological polar surface area (TPSA) is 67.8 Å². The number of halogens is 4. The molecule has 1 heterocycles. The second kappa shape index (κ2) is 11.8. The third-order valence-corrected chi connectivity index (χ3v) is 3.30. The number of aliphatic imine (C=N–C) groups is 1. The van der Waals surface area contributed by atoms with E-state index in [4.69, 9.17) is 21.1 Å². The number of aromatic nitrogens is 1. The lowest BCUT2D eigenvalue weighted by Crippen LogP contribution is -2.39. The monoisotopic (exact) mass is 396 g/mol. The summed E-state index contributed by atoms with van der Waals surface area (Å²) in [6.07, 6.45) is -2.99. The Labute approximate surface area is 156 Å². The van der Waals surface area contributed by atoms with E-state index in [-0.39, 0.29) is 17.5 Å². The van der Waals surface area contributed by atoms with Gasteiger partial charge in [0, 0.05) is 32.5 Å². The van der Waals surface area contributed by atoms with E-state index < -0.39 is 11.7 Å². The Balaban J connectivity index is 2.42. The van der Waals surface area contributed by atoms with Crippen LogP contribution in [0.5, 0.6) is 5.88 Å². The van der Waals surface area contributed by atoms with Gasteiger partial charge >= 0.3 is 6.18 Å². The van der Waals surface area contributed by atoms with E-state index in [1.807, 2.05) is 13.8 Å². The van der Waals surface area contributed by atoms with Crippen molar-refractivity contribution in [2.24, 2.45) is 4.99 Å². The van der Waals surface area contributed by atoms with Crippen LogP contribution in [0.15, 0.2) is 17.3 Å². The lowest BCUT2D eigenvalue weighted by molar-refractivity contribution is -0.137. The summed E-state index contributed by atoms with van der Waals surface area (Å²) in [4.78, 5) is 7.99. The van der Waals surface area contributed by atoms with Crippen molar-refractivity contribution in [1.82, 2.24) is 15.6 Å². The predicted octanol–water partition coefficient (Wildman–Crippen LogP) is 3.11. The van der Waals surface area contributed by atoms with Crippen molar-refractivity contribution >= 4 is 17.6 Å². The molecular weight excluding hydrogens is 373 g/mol. The molecule has 148 valence electrons. The van der Waals surface area contributed by atoms with Gasteiger partial charge in [-0.25, -0.2) is 4.98 Å². The van der Waals surface area contributed by atoms with Gasteiger partial charge in [-0.2, -0.15) is 13.2 Å². The molecule has 1 aromatic heterocycles. The molecule has 1 rings (SSSR count). The fraction of sp³-hybridized carbons (Fsp3) is 0.625. The minimum absolute atomic E-state index is 0.0416. The molecule has 6 nitrogen and oxygen atoms in total. The second-order valence-electron chi connectivity index (χ2n) is 5.10. The van der Waals surface area contributed by atoms with Gasteiger partial charge in [-0.15, -0.1) is 0 Å². The van der Waals surface area contributed by atoms with Crippen LogP contribution in [0.4, 0.5) is 13.2 Å². The van der Waals surface area contributed by atoms with E-state index in [1.54, 1.807) is 0 Å². The smallest absolute Gasteiger partial charge is 0.417 e. The van der Waals surface area contributed by atoms with Crippen molar-refractivity contribution in [2.45, 2.75) is 26.4 Å². The normalized spacial score (nSPS) is 12.2. The number of hydrogen-bond donors (Lipinski definition) is 2. The molecule has 0 aliphatic carbocycles. The van der Waals surface area contributed by atoms with Crippen molar-refractivity contribution in [2.75, 3.05) is 39.5 Å². The van der Waals surface area contributed by atoms with Gasteiger partial charge in [0.25, 0.3) is 0 Å². The lowest BCUT2D eigenvalue weighted by atomic mass is 10.3. The third kappa shape index (κ3) is 8.57. The molecule has 0 amide bonds. The number of nitrogens with zero attached hydrogens (tertiary/aromatic N) is 2. The van der Waals surface area contributed by atoms with Crippen LogP contribution in [0.25, 0.3) is 0 Å². The highest BCUT2D eigenvalue weighted by molar-refractivity contribution is 6.31. The Kier molecular flexibility index (Phi) is 10.1. The predicted molar refractivity (Wildman–Crippen MR) is 94.8 cm³/mol. The number of guanidine groups is 1. The maximum Gasteiger partial charge on any atom is 0.417 e. The summed E-state index contributed by atoms with van der Waals surface area (Å²) in [5.74, 6) is 0.583. The number of alkyl halides is 3. The van der Waals surface area contributed by atoms with Gasteiger partial charge in [0.05, 0.1) is 12.1 Å². The Hall–Kier alpha value is -1.74.